The zero-order chi connectivity index (χ0) is 13.8. The second-order valence-corrected chi connectivity index (χ2v) is 6.68. The molecule has 3 saturated heterocycles. The van der Waals surface area contributed by atoms with Gasteiger partial charge in [-0.2, -0.15) is 0 Å². The third-order valence-corrected chi connectivity index (χ3v) is 5.36. The maximum Gasteiger partial charge on any atom is 0.225 e. The van der Waals surface area contributed by atoms with Gasteiger partial charge in [0.1, 0.15) is 0 Å². The van der Waals surface area contributed by atoms with Crippen LogP contribution in [0.25, 0.3) is 0 Å². The van der Waals surface area contributed by atoms with Crippen molar-refractivity contribution in [1.82, 2.24) is 15.1 Å². The molecule has 4 nitrogen and oxygen atoms in total. The van der Waals surface area contributed by atoms with Crippen LogP contribution in [0, 0.1) is 5.92 Å². The molecule has 114 valence electrons. The first-order valence-electron chi connectivity index (χ1n) is 8.58. The molecule has 4 heteroatoms. The minimum absolute atomic E-state index is 0.285. The van der Waals surface area contributed by atoms with E-state index in [1.807, 2.05) is 0 Å². The monoisotopic (exact) mass is 279 g/mol. The zero-order valence-electron chi connectivity index (χ0n) is 12.6. The Kier molecular flexibility index (Phi) is 4.94. The third kappa shape index (κ3) is 3.34. The normalized spacial score (nSPS) is 30.4. The van der Waals surface area contributed by atoms with Crippen LogP contribution in [0.5, 0.6) is 0 Å². The number of piperidine rings is 1. The minimum Gasteiger partial charge on any atom is -0.342 e. The highest BCUT2D eigenvalue weighted by molar-refractivity contribution is 5.79. The van der Waals surface area contributed by atoms with E-state index in [0.29, 0.717) is 5.91 Å². The Morgan fingerprint density at radius 3 is 2.35 bits per heavy atom. The van der Waals surface area contributed by atoms with Gasteiger partial charge in [-0.25, -0.2) is 0 Å². The molecule has 0 aromatic carbocycles. The van der Waals surface area contributed by atoms with E-state index in [1.165, 1.54) is 38.8 Å². The second kappa shape index (κ2) is 6.90. The highest BCUT2D eigenvalue weighted by Gasteiger charge is 2.31. The number of nitrogens with zero attached hydrogens (tertiary/aromatic N) is 2. The summed E-state index contributed by atoms with van der Waals surface area (Å²) < 4.78 is 0. The predicted octanol–water partition coefficient (Wildman–Crippen LogP) is 1.46. The van der Waals surface area contributed by atoms with E-state index in [4.69, 9.17) is 0 Å². The first kappa shape index (κ1) is 14.3. The number of carbonyl (C=O) groups excluding carboxylic acids is 1. The van der Waals surface area contributed by atoms with E-state index in [0.717, 1.165) is 51.5 Å². The molecule has 20 heavy (non-hydrogen) atoms. The van der Waals surface area contributed by atoms with Crippen molar-refractivity contribution in [3.05, 3.63) is 0 Å². The first-order chi connectivity index (χ1) is 9.84. The molecule has 0 spiro atoms. The fourth-order valence-corrected chi connectivity index (χ4v) is 4.08. The summed E-state index contributed by atoms with van der Waals surface area (Å²) in [7, 11) is 0. The summed E-state index contributed by atoms with van der Waals surface area (Å²) in [5.74, 6) is 0.724. The summed E-state index contributed by atoms with van der Waals surface area (Å²) in [6.45, 7) is 6.65. The van der Waals surface area contributed by atoms with Crippen molar-refractivity contribution < 1.29 is 4.79 Å². The fraction of sp³-hybridized carbons (Fsp3) is 0.938. The van der Waals surface area contributed by atoms with Crippen molar-refractivity contribution in [2.45, 2.75) is 51.0 Å². The van der Waals surface area contributed by atoms with Crippen LogP contribution in [0.4, 0.5) is 0 Å². The van der Waals surface area contributed by atoms with Crippen LogP contribution in [-0.2, 0) is 4.79 Å². The molecule has 0 aliphatic carbocycles. The van der Waals surface area contributed by atoms with Gasteiger partial charge in [-0.15, -0.1) is 0 Å². The molecular weight excluding hydrogens is 250 g/mol. The lowest BCUT2D eigenvalue weighted by molar-refractivity contribution is -0.137. The highest BCUT2D eigenvalue weighted by Crippen LogP contribution is 2.24. The molecule has 3 fully saturated rings. The van der Waals surface area contributed by atoms with Crippen LogP contribution in [0.3, 0.4) is 0 Å². The van der Waals surface area contributed by atoms with Gasteiger partial charge in [0, 0.05) is 25.0 Å². The van der Waals surface area contributed by atoms with E-state index in [-0.39, 0.29) is 5.92 Å². The van der Waals surface area contributed by atoms with Crippen LogP contribution in [0.1, 0.15) is 44.9 Å². The van der Waals surface area contributed by atoms with E-state index in [2.05, 4.69) is 15.1 Å². The zero-order valence-corrected chi connectivity index (χ0v) is 12.6. The Morgan fingerprint density at radius 2 is 1.60 bits per heavy atom. The second-order valence-electron chi connectivity index (χ2n) is 6.68. The number of carbonyl (C=O) groups is 1. The maximum absolute atomic E-state index is 12.6. The van der Waals surface area contributed by atoms with Crippen LogP contribution in [0.2, 0.25) is 0 Å². The smallest absolute Gasteiger partial charge is 0.225 e. The van der Waals surface area contributed by atoms with Gasteiger partial charge in [0.25, 0.3) is 0 Å². The lowest BCUT2D eigenvalue weighted by atomic mass is 9.96. The molecule has 0 bridgehead atoms. The lowest BCUT2D eigenvalue weighted by Gasteiger charge is -2.38. The average molecular weight is 279 g/mol. The van der Waals surface area contributed by atoms with Gasteiger partial charge in [-0.3, -0.25) is 4.79 Å². The van der Waals surface area contributed by atoms with Gasteiger partial charge in [0.15, 0.2) is 0 Å². The molecule has 1 N–H and O–H groups in total. The number of rotatable bonds is 2. The number of likely N-dealkylation sites (tertiary alicyclic amines) is 2. The number of amides is 1. The summed E-state index contributed by atoms with van der Waals surface area (Å²) in [5, 5.41) is 3.40. The molecule has 3 heterocycles. The molecule has 3 aliphatic heterocycles. The van der Waals surface area contributed by atoms with Crippen LogP contribution in [0.15, 0.2) is 0 Å². The van der Waals surface area contributed by atoms with Gasteiger partial charge in [-0.05, 0) is 71.1 Å². The number of nitrogens with one attached hydrogen (secondary N) is 1. The Balaban J connectivity index is 1.48. The molecule has 0 aromatic rings. The SMILES string of the molecule is O=C(C1CCCNCC1)N1CCC(N2CCCC2)CC1. The van der Waals surface area contributed by atoms with Crippen LogP contribution in [-0.4, -0.2) is 61.0 Å². The summed E-state index contributed by atoms with van der Waals surface area (Å²) in [6, 6.07) is 0.748. The Hall–Kier alpha value is -0.610. The van der Waals surface area contributed by atoms with Gasteiger partial charge in [0.2, 0.25) is 5.91 Å². The molecule has 1 amide bonds. The third-order valence-electron chi connectivity index (χ3n) is 5.36. The molecule has 1 atom stereocenters. The van der Waals surface area contributed by atoms with Crippen molar-refractivity contribution >= 4 is 5.91 Å². The summed E-state index contributed by atoms with van der Waals surface area (Å²) in [4.78, 5) is 17.4. The largest absolute Gasteiger partial charge is 0.342 e. The minimum atomic E-state index is 0.285. The maximum atomic E-state index is 12.6. The summed E-state index contributed by atoms with van der Waals surface area (Å²) in [6.07, 6.45) is 8.39. The van der Waals surface area contributed by atoms with E-state index in [1.54, 1.807) is 0 Å². The number of hydrogen-bond acceptors (Lipinski definition) is 3. The fourth-order valence-electron chi connectivity index (χ4n) is 4.08. The van der Waals surface area contributed by atoms with Gasteiger partial charge in [0.05, 0.1) is 0 Å². The average Bonchev–Trinajstić information content (AvgIpc) is 2.89. The molecule has 3 rings (SSSR count). The van der Waals surface area contributed by atoms with Crippen LogP contribution >= 0.6 is 0 Å². The van der Waals surface area contributed by atoms with Crippen molar-refractivity contribution in [3.63, 3.8) is 0 Å². The molecule has 0 saturated carbocycles. The molecule has 0 aromatic heterocycles. The van der Waals surface area contributed by atoms with Gasteiger partial charge >= 0.3 is 0 Å². The number of hydrogen-bond donors (Lipinski definition) is 1. The van der Waals surface area contributed by atoms with Crippen molar-refractivity contribution in [2.75, 3.05) is 39.3 Å². The molecule has 0 radical (unpaired) electrons. The Bertz CT molecular complexity index is 312. The van der Waals surface area contributed by atoms with Crippen molar-refractivity contribution in [1.29, 1.82) is 0 Å². The van der Waals surface area contributed by atoms with Gasteiger partial charge < -0.3 is 15.1 Å². The molecule has 3 aliphatic rings. The molecular formula is C16H29N3O. The Morgan fingerprint density at radius 1 is 0.850 bits per heavy atom. The first-order valence-corrected chi connectivity index (χ1v) is 8.58. The standard InChI is InChI=1S/C16H29N3O/c20-16(14-4-3-8-17-9-5-14)19-12-6-15(7-13-19)18-10-1-2-11-18/h14-15,17H,1-13H2. The summed E-state index contributed by atoms with van der Waals surface area (Å²) >= 11 is 0. The van der Waals surface area contributed by atoms with Crippen LogP contribution < -0.4 is 5.32 Å². The molecule has 1 unspecified atom stereocenters. The summed E-state index contributed by atoms with van der Waals surface area (Å²) in [5.41, 5.74) is 0. The van der Waals surface area contributed by atoms with E-state index < -0.39 is 0 Å². The Labute approximate surface area is 122 Å². The predicted molar refractivity (Wildman–Crippen MR) is 80.6 cm³/mol. The quantitative estimate of drug-likeness (QED) is 0.831. The highest BCUT2D eigenvalue weighted by atomic mass is 16.2. The van der Waals surface area contributed by atoms with Crippen molar-refractivity contribution in [3.8, 4) is 0 Å². The lowest BCUT2D eigenvalue weighted by Crippen LogP contribution is -2.47. The van der Waals surface area contributed by atoms with Crippen molar-refractivity contribution in [2.24, 2.45) is 5.92 Å². The van der Waals surface area contributed by atoms with E-state index >= 15 is 0 Å². The topological polar surface area (TPSA) is 35.6 Å². The van der Waals surface area contributed by atoms with Gasteiger partial charge in [-0.1, -0.05) is 0 Å². The van der Waals surface area contributed by atoms with E-state index in [9.17, 15) is 4.79 Å².